The van der Waals surface area contributed by atoms with E-state index in [1.54, 1.807) is 6.92 Å². The highest BCUT2D eigenvalue weighted by Crippen LogP contribution is 2.19. The molecule has 0 fully saturated rings. The number of anilines is 1. The van der Waals surface area contributed by atoms with E-state index in [4.69, 9.17) is 0 Å². The summed E-state index contributed by atoms with van der Waals surface area (Å²) in [5.74, 6) is -1.00. The van der Waals surface area contributed by atoms with Crippen molar-refractivity contribution in [1.82, 2.24) is 10.2 Å². The summed E-state index contributed by atoms with van der Waals surface area (Å²) in [4.78, 5) is 26.7. The maximum absolute atomic E-state index is 13.2. The first-order valence-corrected chi connectivity index (χ1v) is 12.2. The number of nitrogens with zero attached hydrogens (tertiary/aromatic N) is 2. The Labute approximate surface area is 189 Å². The summed E-state index contributed by atoms with van der Waals surface area (Å²) in [6.07, 6.45) is 1.37. The summed E-state index contributed by atoms with van der Waals surface area (Å²) in [5.41, 5.74) is 2.31. The number of carbonyl (C=O) groups is 2. The zero-order valence-electron chi connectivity index (χ0n) is 18.8. The molecular formula is C23H30FN3O4S. The van der Waals surface area contributed by atoms with Gasteiger partial charge in [-0.3, -0.25) is 13.9 Å². The predicted octanol–water partition coefficient (Wildman–Crippen LogP) is 2.84. The zero-order valence-corrected chi connectivity index (χ0v) is 19.7. The molecule has 0 unspecified atom stereocenters. The molecule has 0 aliphatic carbocycles. The van der Waals surface area contributed by atoms with Crippen LogP contribution in [0.15, 0.2) is 48.5 Å². The minimum atomic E-state index is -3.61. The molecule has 7 nitrogen and oxygen atoms in total. The lowest BCUT2D eigenvalue weighted by Gasteiger charge is -2.29. The highest BCUT2D eigenvalue weighted by atomic mass is 32.2. The molecule has 0 aliphatic rings. The number of rotatable bonds is 10. The SMILES string of the molecule is CNC(=O)[C@H](C)N(Cc1ccc(C)cc1)C(=O)CCCN(c1ccc(F)cc1)S(C)(=O)=O. The van der Waals surface area contributed by atoms with Crippen molar-refractivity contribution in [2.75, 3.05) is 24.2 Å². The summed E-state index contributed by atoms with van der Waals surface area (Å²) < 4.78 is 38.8. The molecule has 0 heterocycles. The number of carbonyl (C=O) groups excluding carboxylic acids is 2. The first-order chi connectivity index (χ1) is 15.0. The molecule has 2 aromatic rings. The van der Waals surface area contributed by atoms with Crippen LogP contribution in [0.4, 0.5) is 10.1 Å². The van der Waals surface area contributed by atoms with E-state index in [0.717, 1.165) is 21.7 Å². The largest absolute Gasteiger partial charge is 0.357 e. The van der Waals surface area contributed by atoms with E-state index in [-0.39, 0.29) is 37.7 Å². The van der Waals surface area contributed by atoms with Gasteiger partial charge in [-0.15, -0.1) is 0 Å². The lowest BCUT2D eigenvalue weighted by molar-refractivity contribution is -0.140. The Morgan fingerprint density at radius 2 is 1.66 bits per heavy atom. The number of likely N-dealkylation sites (N-methyl/N-ethyl adjacent to an activating group) is 1. The Hall–Kier alpha value is -2.94. The highest BCUT2D eigenvalue weighted by Gasteiger charge is 2.26. The monoisotopic (exact) mass is 463 g/mol. The number of halogens is 1. The molecule has 0 radical (unpaired) electrons. The predicted molar refractivity (Wildman–Crippen MR) is 123 cm³/mol. The summed E-state index contributed by atoms with van der Waals surface area (Å²) in [7, 11) is -2.10. The number of hydrogen-bond donors (Lipinski definition) is 1. The Bertz CT molecular complexity index is 1020. The minimum absolute atomic E-state index is 0.0560. The van der Waals surface area contributed by atoms with Gasteiger partial charge in [0.2, 0.25) is 21.8 Å². The molecule has 0 saturated carbocycles. The molecule has 2 rings (SSSR count). The molecule has 1 N–H and O–H groups in total. The number of amides is 2. The third-order valence-corrected chi connectivity index (χ3v) is 6.35. The molecule has 1 atom stereocenters. The third-order valence-electron chi connectivity index (χ3n) is 5.15. The smallest absolute Gasteiger partial charge is 0.242 e. The maximum Gasteiger partial charge on any atom is 0.242 e. The van der Waals surface area contributed by atoms with Crippen molar-refractivity contribution >= 4 is 27.5 Å². The van der Waals surface area contributed by atoms with Gasteiger partial charge in [0.05, 0.1) is 11.9 Å². The van der Waals surface area contributed by atoms with E-state index in [9.17, 15) is 22.4 Å². The Morgan fingerprint density at radius 1 is 1.06 bits per heavy atom. The first kappa shape index (κ1) is 25.3. The van der Waals surface area contributed by atoms with Crippen LogP contribution in [0.2, 0.25) is 0 Å². The zero-order chi connectivity index (χ0) is 23.9. The second kappa shape index (κ2) is 11.1. The Kier molecular flexibility index (Phi) is 8.77. The van der Waals surface area contributed by atoms with Crippen molar-refractivity contribution in [3.05, 3.63) is 65.5 Å². The molecule has 0 bridgehead atoms. The number of hydrogen-bond acceptors (Lipinski definition) is 4. The van der Waals surface area contributed by atoms with E-state index in [0.29, 0.717) is 5.69 Å². The van der Waals surface area contributed by atoms with Crippen molar-refractivity contribution < 1.29 is 22.4 Å². The van der Waals surface area contributed by atoms with Gasteiger partial charge in [-0.1, -0.05) is 29.8 Å². The topological polar surface area (TPSA) is 86.8 Å². The van der Waals surface area contributed by atoms with Crippen LogP contribution >= 0.6 is 0 Å². The van der Waals surface area contributed by atoms with Crippen molar-refractivity contribution in [3.8, 4) is 0 Å². The molecule has 0 saturated heterocycles. The van der Waals surface area contributed by atoms with Crippen molar-refractivity contribution in [3.63, 3.8) is 0 Å². The van der Waals surface area contributed by atoms with Crippen LogP contribution < -0.4 is 9.62 Å². The molecule has 0 spiro atoms. The van der Waals surface area contributed by atoms with E-state index in [1.807, 2.05) is 31.2 Å². The van der Waals surface area contributed by atoms with Gasteiger partial charge in [0, 0.05) is 26.6 Å². The first-order valence-electron chi connectivity index (χ1n) is 10.3. The van der Waals surface area contributed by atoms with Gasteiger partial charge in [0.15, 0.2) is 0 Å². The summed E-state index contributed by atoms with van der Waals surface area (Å²) in [6, 6.07) is 12.2. The average molecular weight is 464 g/mol. The molecule has 0 aromatic heterocycles. The van der Waals surface area contributed by atoms with Crippen molar-refractivity contribution in [2.24, 2.45) is 0 Å². The van der Waals surface area contributed by atoms with Crippen LogP contribution in [0.5, 0.6) is 0 Å². The number of nitrogens with one attached hydrogen (secondary N) is 1. The summed E-state index contributed by atoms with van der Waals surface area (Å²) in [5, 5.41) is 2.56. The van der Waals surface area contributed by atoms with Gasteiger partial charge in [0.25, 0.3) is 0 Å². The van der Waals surface area contributed by atoms with E-state index in [1.165, 1.54) is 36.2 Å². The van der Waals surface area contributed by atoms with E-state index in [2.05, 4.69) is 5.32 Å². The fourth-order valence-electron chi connectivity index (χ4n) is 3.29. The van der Waals surface area contributed by atoms with Crippen LogP contribution in [-0.2, 0) is 26.2 Å². The molecule has 32 heavy (non-hydrogen) atoms. The Morgan fingerprint density at radius 3 is 2.19 bits per heavy atom. The van der Waals surface area contributed by atoms with Crippen LogP contribution in [0.3, 0.4) is 0 Å². The quantitative estimate of drug-likeness (QED) is 0.587. The van der Waals surface area contributed by atoms with Gasteiger partial charge < -0.3 is 10.2 Å². The fraction of sp³-hybridized carbons (Fsp3) is 0.391. The highest BCUT2D eigenvalue weighted by molar-refractivity contribution is 7.92. The molecule has 2 aromatic carbocycles. The third kappa shape index (κ3) is 7.05. The minimum Gasteiger partial charge on any atom is -0.357 e. The average Bonchev–Trinajstić information content (AvgIpc) is 2.75. The molecule has 9 heteroatoms. The molecule has 0 aliphatic heterocycles. The number of sulfonamides is 1. The second-order valence-corrected chi connectivity index (χ2v) is 9.62. The lowest BCUT2D eigenvalue weighted by Crippen LogP contribution is -2.46. The van der Waals surface area contributed by atoms with Gasteiger partial charge in [0.1, 0.15) is 11.9 Å². The van der Waals surface area contributed by atoms with Gasteiger partial charge in [-0.05, 0) is 50.1 Å². The van der Waals surface area contributed by atoms with Crippen LogP contribution in [0.1, 0.15) is 30.9 Å². The number of aryl methyl sites for hydroxylation is 1. The van der Waals surface area contributed by atoms with Crippen molar-refractivity contribution in [2.45, 2.75) is 39.3 Å². The standard InChI is InChI=1S/C23H30FN3O4S/c1-17-7-9-19(10-8-17)16-26(18(2)23(29)25-3)22(28)6-5-15-27(32(4,30)31)21-13-11-20(24)12-14-21/h7-14,18H,5-6,15-16H2,1-4H3,(H,25,29)/t18-/m0/s1. The molecule has 174 valence electrons. The normalized spacial score (nSPS) is 12.2. The van der Waals surface area contributed by atoms with Crippen LogP contribution in [0.25, 0.3) is 0 Å². The number of benzene rings is 2. The van der Waals surface area contributed by atoms with Crippen LogP contribution in [-0.4, -0.2) is 51.0 Å². The van der Waals surface area contributed by atoms with Crippen molar-refractivity contribution in [1.29, 1.82) is 0 Å². The van der Waals surface area contributed by atoms with Gasteiger partial charge >= 0.3 is 0 Å². The Balaban J connectivity index is 2.12. The van der Waals surface area contributed by atoms with E-state index < -0.39 is 21.9 Å². The summed E-state index contributed by atoms with van der Waals surface area (Å²) >= 11 is 0. The maximum atomic E-state index is 13.2. The van der Waals surface area contributed by atoms with Crippen LogP contribution in [0, 0.1) is 12.7 Å². The summed E-state index contributed by atoms with van der Waals surface area (Å²) in [6.45, 7) is 3.95. The lowest BCUT2D eigenvalue weighted by atomic mass is 10.1. The molecular weight excluding hydrogens is 433 g/mol. The van der Waals surface area contributed by atoms with Gasteiger partial charge in [-0.2, -0.15) is 0 Å². The van der Waals surface area contributed by atoms with Gasteiger partial charge in [-0.25, -0.2) is 12.8 Å². The fourth-order valence-corrected chi connectivity index (χ4v) is 4.26. The molecule has 2 amide bonds. The second-order valence-electron chi connectivity index (χ2n) is 7.71. The van der Waals surface area contributed by atoms with E-state index >= 15 is 0 Å².